The second kappa shape index (κ2) is 6.14. The normalized spacial score (nSPS) is 10.5. The Morgan fingerprint density at radius 3 is 3.05 bits per heavy atom. The van der Waals surface area contributed by atoms with Crippen molar-refractivity contribution < 1.29 is 4.79 Å². The van der Waals surface area contributed by atoms with Gasteiger partial charge < -0.3 is 11.1 Å². The van der Waals surface area contributed by atoms with Crippen LogP contribution in [0.2, 0.25) is 5.02 Å². The van der Waals surface area contributed by atoms with Crippen molar-refractivity contribution in [1.29, 1.82) is 0 Å². The van der Waals surface area contributed by atoms with E-state index in [1.165, 1.54) is 0 Å². The molecule has 1 amide bonds. The van der Waals surface area contributed by atoms with Crippen LogP contribution in [0.25, 0.3) is 5.69 Å². The molecule has 0 spiro atoms. The van der Waals surface area contributed by atoms with Gasteiger partial charge in [0.25, 0.3) is 0 Å². The van der Waals surface area contributed by atoms with E-state index in [-0.39, 0.29) is 19.0 Å². The smallest absolute Gasteiger partial charge is 0.234 e. The second-order valence-corrected chi connectivity index (χ2v) is 5.05. The molecule has 1 aromatic heterocycles. The number of amides is 1. The van der Waals surface area contributed by atoms with Crippen LogP contribution in [-0.2, 0) is 11.3 Å². The molecule has 0 radical (unpaired) electrons. The van der Waals surface area contributed by atoms with Crippen LogP contribution < -0.4 is 11.1 Å². The Kier molecular flexibility index (Phi) is 4.52. The van der Waals surface area contributed by atoms with Gasteiger partial charge in [0.15, 0.2) is 0 Å². The molecule has 19 heavy (non-hydrogen) atoms. The van der Waals surface area contributed by atoms with Gasteiger partial charge in [-0.2, -0.15) is 0 Å². The maximum atomic E-state index is 11.0. The number of rotatable bonds is 4. The highest BCUT2D eigenvalue weighted by molar-refractivity contribution is 9.10. The molecular formula is C11H11BrClN5O. The van der Waals surface area contributed by atoms with E-state index in [0.29, 0.717) is 16.4 Å². The number of carbonyl (C=O) groups excluding carboxylic acids is 1. The quantitative estimate of drug-likeness (QED) is 0.874. The highest BCUT2D eigenvalue weighted by Crippen LogP contribution is 2.23. The zero-order chi connectivity index (χ0) is 13.8. The molecule has 0 aliphatic carbocycles. The predicted molar refractivity (Wildman–Crippen MR) is 75.0 cm³/mol. The molecule has 2 aromatic rings. The maximum absolute atomic E-state index is 11.0. The summed E-state index contributed by atoms with van der Waals surface area (Å²) in [5.74, 6) is -0.241. The first kappa shape index (κ1) is 14.0. The van der Waals surface area contributed by atoms with E-state index in [0.717, 1.165) is 4.47 Å². The van der Waals surface area contributed by atoms with Crippen LogP contribution >= 0.6 is 27.5 Å². The van der Waals surface area contributed by atoms with Crippen molar-refractivity contribution in [1.82, 2.24) is 20.3 Å². The number of nitrogens with one attached hydrogen (secondary N) is 1. The first-order chi connectivity index (χ1) is 9.10. The van der Waals surface area contributed by atoms with Crippen LogP contribution in [0.15, 0.2) is 28.9 Å². The molecule has 8 heteroatoms. The van der Waals surface area contributed by atoms with Crippen LogP contribution in [0, 0.1) is 0 Å². The third-order valence-electron chi connectivity index (χ3n) is 2.35. The minimum atomic E-state index is -0.241. The molecule has 6 nitrogen and oxygen atoms in total. The number of nitrogens with two attached hydrogens (primary N) is 1. The summed E-state index contributed by atoms with van der Waals surface area (Å²) in [4.78, 5) is 11.0. The molecule has 2 rings (SSSR count). The molecule has 0 atom stereocenters. The summed E-state index contributed by atoms with van der Waals surface area (Å²) in [5, 5.41) is 11.1. The number of nitrogens with zero attached hydrogens (tertiary/aromatic N) is 3. The van der Waals surface area contributed by atoms with Crippen molar-refractivity contribution in [2.24, 2.45) is 5.73 Å². The molecule has 1 aromatic carbocycles. The summed E-state index contributed by atoms with van der Waals surface area (Å²) in [6, 6.07) is 5.43. The van der Waals surface area contributed by atoms with Gasteiger partial charge >= 0.3 is 0 Å². The molecule has 0 bridgehead atoms. The number of carbonyl (C=O) groups is 1. The average Bonchev–Trinajstić information content (AvgIpc) is 2.87. The lowest BCUT2D eigenvalue weighted by molar-refractivity contribution is -0.119. The Morgan fingerprint density at radius 2 is 2.32 bits per heavy atom. The molecule has 100 valence electrons. The number of hydrogen-bond donors (Lipinski definition) is 2. The zero-order valence-corrected chi connectivity index (χ0v) is 12.1. The third-order valence-corrected chi connectivity index (χ3v) is 3.16. The number of benzene rings is 1. The fourth-order valence-corrected chi connectivity index (χ4v) is 1.97. The lowest BCUT2D eigenvalue weighted by atomic mass is 10.3. The van der Waals surface area contributed by atoms with E-state index >= 15 is 0 Å². The van der Waals surface area contributed by atoms with E-state index in [1.54, 1.807) is 16.9 Å². The van der Waals surface area contributed by atoms with E-state index in [4.69, 9.17) is 17.3 Å². The Balaban J connectivity index is 2.16. The van der Waals surface area contributed by atoms with E-state index in [9.17, 15) is 4.79 Å². The van der Waals surface area contributed by atoms with Crippen LogP contribution in [-0.4, -0.2) is 27.4 Å². The van der Waals surface area contributed by atoms with Gasteiger partial charge in [-0.1, -0.05) is 32.7 Å². The Labute approximate surface area is 123 Å². The molecule has 0 saturated heterocycles. The fourth-order valence-electron chi connectivity index (χ4n) is 1.42. The third kappa shape index (κ3) is 3.52. The standard InChI is InChI=1S/C11H11BrClN5O/c12-7-1-2-9(13)10(3-7)18-6-8(16-17-18)5-15-11(19)4-14/h1-3,6H,4-5,14H2,(H,15,19). The van der Waals surface area contributed by atoms with Gasteiger partial charge in [0.2, 0.25) is 5.91 Å². The fraction of sp³-hybridized carbons (Fsp3) is 0.182. The van der Waals surface area contributed by atoms with Crippen molar-refractivity contribution in [3.63, 3.8) is 0 Å². The van der Waals surface area contributed by atoms with E-state index in [2.05, 4.69) is 31.6 Å². The molecule has 3 N–H and O–H groups in total. The topological polar surface area (TPSA) is 85.8 Å². The Bertz CT molecular complexity index is 601. The zero-order valence-electron chi connectivity index (χ0n) is 9.81. The summed E-state index contributed by atoms with van der Waals surface area (Å²) in [7, 11) is 0. The summed E-state index contributed by atoms with van der Waals surface area (Å²) >= 11 is 9.46. The van der Waals surface area contributed by atoms with Crippen molar-refractivity contribution in [2.45, 2.75) is 6.54 Å². The highest BCUT2D eigenvalue weighted by atomic mass is 79.9. The van der Waals surface area contributed by atoms with Gasteiger partial charge in [0.1, 0.15) is 5.69 Å². The van der Waals surface area contributed by atoms with Gasteiger partial charge in [0, 0.05) is 4.47 Å². The first-order valence-corrected chi connectivity index (χ1v) is 6.60. The van der Waals surface area contributed by atoms with Crippen LogP contribution in [0.5, 0.6) is 0 Å². The van der Waals surface area contributed by atoms with Gasteiger partial charge in [-0.3, -0.25) is 4.79 Å². The van der Waals surface area contributed by atoms with Crippen molar-refractivity contribution >= 4 is 33.4 Å². The Morgan fingerprint density at radius 1 is 1.53 bits per heavy atom. The monoisotopic (exact) mass is 343 g/mol. The summed E-state index contributed by atoms with van der Waals surface area (Å²) in [6.07, 6.45) is 1.70. The minimum absolute atomic E-state index is 0.0500. The molecule has 0 unspecified atom stereocenters. The average molecular weight is 345 g/mol. The van der Waals surface area contributed by atoms with E-state index in [1.807, 2.05) is 12.1 Å². The van der Waals surface area contributed by atoms with Gasteiger partial charge in [-0.05, 0) is 18.2 Å². The summed E-state index contributed by atoms with van der Waals surface area (Å²) in [6.45, 7) is 0.229. The number of hydrogen-bond acceptors (Lipinski definition) is 4. The molecule has 1 heterocycles. The molecule has 0 fully saturated rings. The largest absolute Gasteiger partial charge is 0.349 e. The van der Waals surface area contributed by atoms with Crippen LogP contribution in [0.1, 0.15) is 5.69 Å². The van der Waals surface area contributed by atoms with Crippen molar-refractivity contribution in [2.75, 3.05) is 6.54 Å². The number of aromatic nitrogens is 3. The molecule has 0 aliphatic rings. The lowest BCUT2D eigenvalue weighted by Gasteiger charge is -2.03. The Hall–Kier alpha value is -1.44. The molecule has 0 saturated carbocycles. The molecule has 0 aliphatic heterocycles. The van der Waals surface area contributed by atoms with Crippen LogP contribution in [0.4, 0.5) is 0 Å². The van der Waals surface area contributed by atoms with E-state index < -0.39 is 0 Å². The van der Waals surface area contributed by atoms with Gasteiger partial charge in [-0.15, -0.1) is 5.10 Å². The van der Waals surface area contributed by atoms with Crippen molar-refractivity contribution in [3.8, 4) is 5.69 Å². The van der Waals surface area contributed by atoms with Gasteiger partial charge in [0.05, 0.1) is 30.0 Å². The first-order valence-electron chi connectivity index (χ1n) is 5.43. The summed E-state index contributed by atoms with van der Waals surface area (Å²) in [5.41, 5.74) is 6.52. The van der Waals surface area contributed by atoms with Crippen LogP contribution in [0.3, 0.4) is 0 Å². The maximum Gasteiger partial charge on any atom is 0.234 e. The SMILES string of the molecule is NCC(=O)NCc1cn(-c2cc(Br)ccc2Cl)nn1. The predicted octanol–water partition coefficient (Wildman–Crippen LogP) is 1.26. The summed E-state index contributed by atoms with van der Waals surface area (Å²) < 4.78 is 2.44. The highest BCUT2D eigenvalue weighted by Gasteiger charge is 2.08. The number of halogens is 2. The van der Waals surface area contributed by atoms with Gasteiger partial charge in [-0.25, -0.2) is 4.68 Å². The lowest BCUT2D eigenvalue weighted by Crippen LogP contribution is -2.29. The minimum Gasteiger partial charge on any atom is -0.349 e. The van der Waals surface area contributed by atoms with Crippen molar-refractivity contribution in [3.05, 3.63) is 39.6 Å². The molecular weight excluding hydrogens is 334 g/mol. The second-order valence-electron chi connectivity index (χ2n) is 3.73.